The second-order valence-corrected chi connectivity index (χ2v) is 5.49. The lowest BCUT2D eigenvalue weighted by Crippen LogP contribution is -2.40. The van der Waals surface area contributed by atoms with Crippen LogP contribution in [0.1, 0.15) is 18.2 Å². The maximum atomic E-state index is 14.1. The van der Waals surface area contributed by atoms with E-state index in [1.807, 2.05) is 37.3 Å². The number of aromatic nitrogens is 1. The number of benzene rings is 1. The second kappa shape index (κ2) is 7.72. The van der Waals surface area contributed by atoms with E-state index in [0.717, 1.165) is 17.1 Å². The minimum absolute atomic E-state index is 0.267. The lowest BCUT2D eigenvalue weighted by atomic mass is 10.1. The largest absolute Gasteiger partial charge is 0.365 e. The Kier molecular flexibility index (Phi) is 5.20. The number of rotatable bonds is 5. The Labute approximate surface area is 146 Å². The van der Waals surface area contributed by atoms with Crippen molar-refractivity contribution >= 4 is 11.8 Å². The molecule has 128 valence electrons. The molecule has 2 heterocycles. The molecule has 3 rings (SSSR count). The van der Waals surface area contributed by atoms with Gasteiger partial charge in [-0.1, -0.05) is 24.3 Å². The van der Waals surface area contributed by atoms with Crippen LogP contribution in [-0.2, 0) is 6.54 Å². The summed E-state index contributed by atoms with van der Waals surface area (Å²) >= 11 is 0. The first kappa shape index (κ1) is 16.9. The maximum Gasteiger partial charge on any atom is 0.152 e. The van der Waals surface area contributed by atoms with Crippen LogP contribution in [0.4, 0.5) is 4.39 Å². The lowest BCUT2D eigenvalue weighted by molar-refractivity contribution is 0.311. The molecule has 0 saturated carbocycles. The smallest absolute Gasteiger partial charge is 0.152 e. The van der Waals surface area contributed by atoms with Gasteiger partial charge in [0.15, 0.2) is 5.82 Å². The molecule has 0 saturated heterocycles. The van der Waals surface area contributed by atoms with Crippen LogP contribution in [0.2, 0.25) is 0 Å². The van der Waals surface area contributed by atoms with Gasteiger partial charge < -0.3 is 5.32 Å². The summed E-state index contributed by atoms with van der Waals surface area (Å²) in [6, 6.07) is 12.5. The summed E-state index contributed by atoms with van der Waals surface area (Å²) in [5.41, 5.74) is 5.30. The van der Waals surface area contributed by atoms with Gasteiger partial charge in [-0.05, 0) is 31.2 Å². The van der Waals surface area contributed by atoms with Crippen molar-refractivity contribution in [2.24, 2.45) is 4.99 Å². The van der Waals surface area contributed by atoms with Crippen LogP contribution in [-0.4, -0.2) is 23.3 Å². The van der Waals surface area contributed by atoms with Crippen molar-refractivity contribution in [3.63, 3.8) is 0 Å². The fourth-order valence-electron chi connectivity index (χ4n) is 2.62. The first-order chi connectivity index (χ1) is 12.2. The monoisotopic (exact) mass is 337 g/mol. The number of hydrogen-bond donors (Lipinski definition) is 2. The Hall–Kier alpha value is -2.99. The molecule has 1 aliphatic rings. The molecule has 6 heteroatoms. The van der Waals surface area contributed by atoms with E-state index in [4.69, 9.17) is 0 Å². The molecular weight excluding hydrogens is 317 g/mol. The molecule has 0 amide bonds. The van der Waals surface area contributed by atoms with Gasteiger partial charge in [0, 0.05) is 30.6 Å². The highest BCUT2D eigenvalue weighted by atomic mass is 19.1. The Balaban J connectivity index is 1.85. The maximum absolute atomic E-state index is 14.1. The van der Waals surface area contributed by atoms with Gasteiger partial charge in [-0.15, -0.1) is 0 Å². The molecule has 5 nitrogen and oxygen atoms in total. The molecule has 1 aromatic heterocycles. The van der Waals surface area contributed by atoms with Crippen molar-refractivity contribution in [2.45, 2.75) is 13.5 Å². The van der Waals surface area contributed by atoms with Gasteiger partial charge in [-0.25, -0.2) is 19.8 Å². The number of hydrogen-bond acceptors (Lipinski definition) is 5. The number of allylic oxidation sites excluding steroid dienone is 2. The molecule has 0 unspecified atom stereocenters. The third-order valence-electron chi connectivity index (χ3n) is 3.90. The summed E-state index contributed by atoms with van der Waals surface area (Å²) in [5, 5.41) is 5.13. The fourth-order valence-corrected chi connectivity index (χ4v) is 2.62. The van der Waals surface area contributed by atoms with E-state index in [1.54, 1.807) is 36.6 Å². The zero-order valence-corrected chi connectivity index (χ0v) is 14.2. The fraction of sp³-hybridized carbons (Fsp3) is 0.158. The Morgan fingerprint density at radius 3 is 2.68 bits per heavy atom. The van der Waals surface area contributed by atoms with Crippen molar-refractivity contribution < 1.29 is 4.39 Å². The average Bonchev–Trinajstić information content (AvgIpc) is 2.66. The van der Waals surface area contributed by atoms with Crippen LogP contribution in [0, 0.1) is 5.82 Å². The quantitative estimate of drug-likeness (QED) is 0.880. The van der Waals surface area contributed by atoms with E-state index in [1.165, 1.54) is 6.07 Å². The third kappa shape index (κ3) is 3.75. The minimum Gasteiger partial charge on any atom is -0.365 e. The Morgan fingerprint density at radius 1 is 1.16 bits per heavy atom. The zero-order valence-electron chi connectivity index (χ0n) is 14.2. The third-order valence-corrected chi connectivity index (χ3v) is 3.90. The molecule has 0 fully saturated rings. The number of hydrazine groups is 1. The van der Waals surface area contributed by atoms with E-state index in [-0.39, 0.29) is 5.82 Å². The number of aliphatic imine (C=N–C) groups is 1. The van der Waals surface area contributed by atoms with Crippen LogP contribution in [0.25, 0.3) is 5.57 Å². The topological polar surface area (TPSA) is 52.5 Å². The lowest BCUT2D eigenvalue weighted by Gasteiger charge is -2.30. The van der Waals surface area contributed by atoms with Crippen molar-refractivity contribution in [1.82, 2.24) is 20.7 Å². The Bertz CT molecular complexity index is 827. The number of pyridine rings is 1. The molecular formula is C19H20FN5. The van der Waals surface area contributed by atoms with Crippen molar-refractivity contribution in [1.29, 1.82) is 0 Å². The highest BCUT2D eigenvalue weighted by molar-refractivity contribution is 5.78. The van der Waals surface area contributed by atoms with E-state index < -0.39 is 0 Å². The van der Waals surface area contributed by atoms with Crippen LogP contribution in [0.5, 0.6) is 0 Å². The summed E-state index contributed by atoms with van der Waals surface area (Å²) in [5.74, 6) is 1.18. The van der Waals surface area contributed by atoms with Gasteiger partial charge in [-0.2, -0.15) is 0 Å². The second-order valence-electron chi connectivity index (χ2n) is 5.49. The molecule has 2 N–H and O–H groups in total. The summed E-state index contributed by atoms with van der Waals surface area (Å²) in [6.45, 7) is 2.43. The van der Waals surface area contributed by atoms with Crippen LogP contribution >= 0.6 is 0 Å². The molecule has 0 spiro atoms. The standard InChI is InChI=1S/C19H20FN5/c1-14(16-8-3-4-9-17(16)20)19-23-12-10-18(25(19)21-2)24-13-15-7-5-6-11-22-15/h3-12,21,24H,13H2,1-2H3/b19-14+. The predicted molar refractivity (Wildman–Crippen MR) is 97.5 cm³/mol. The van der Waals surface area contributed by atoms with Crippen LogP contribution < -0.4 is 10.7 Å². The molecule has 0 bridgehead atoms. The highest BCUT2D eigenvalue weighted by Crippen LogP contribution is 2.26. The Morgan fingerprint density at radius 2 is 1.96 bits per heavy atom. The van der Waals surface area contributed by atoms with Gasteiger partial charge in [0.05, 0.1) is 12.2 Å². The van der Waals surface area contributed by atoms with Crippen LogP contribution in [0.15, 0.2) is 71.4 Å². The minimum atomic E-state index is -0.267. The number of nitrogens with zero attached hydrogens (tertiary/aromatic N) is 3. The van der Waals surface area contributed by atoms with Gasteiger partial charge >= 0.3 is 0 Å². The molecule has 0 aliphatic carbocycles. The van der Waals surface area contributed by atoms with E-state index in [9.17, 15) is 4.39 Å². The SMILES string of the molecule is CNN1C(NCc2ccccn2)=CC=N/C1=C(/C)c1ccccc1F. The van der Waals surface area contributed by atoms with Crippen molar-refractivity contribution in [2.75, 3.05) is 7.05 Å². The average molecular weight is 337 g/mol. The predicted octanol–water partition coefficient (Wildman–Crippen LogP) is 3.06. The summed E-state index contributed by atoms with van der Waals surface area (Å²) in [7, 11) is 1.80. The molecule has 0 atom stereocenters. The molecule has 1 aliphatic heterocycles. The molecule has 2 aromatic rings. The summed E-state index contributed by atoms with van der Waals surface area (Å²) in [4.78, 5) is 8.73. The summed E-state index contributed by atoms with van der Waals surface area (Å²) < 4.78 is 14.1. The van der Waals surface area contributed by atoms with Gasteiger partial charge in [0.2, 0.25) is 0 Å². The first-order valence-electron chi connectivity index (χ1n) is 8.02. The van der Waals surface area contributed by atoms with Gasteiger partial charge in [-0.3, -0.25) is 4.98 Å². The number of halogens is 1. The normalized spacial score (nSPS) is 15.8. The van der Waals surface area contributed by atoms with E-state index in [0.29, 0.717) is 17.9 Å². The van der Waals surface area contributed by atoms with Gasteiger partial charge in [0.1, 0.15) is 11.6 Å². The van der Waals surface area contributed by atoms with Crippen LogP contribution in [0.3, 0.4) is 0 Å². The van der Waals surface area contributed by atoms with Gasteiger partial charge in [0.25, 0.3) is 0 Å². The summed E-state index contributed by atoms with van der Waals surface area (Å²) in [6.07, 6.45) is 5.32. The van der Waals surface area contributed by atoms with Crippen molar-refractivity contribution in [3.05, 3.63) is 83.5 Å². The first-order valence-corrected chi connectivity index (χ1v) is 8.02. The highest BCUT2D eigenvalue weighted by Gasteiger charge is 2.19. The zero-order chi connectivity index (χ0) is 17.6. The molecule has 0 radical (unpaired) electrons. The van der Waals surface area contributed by atoms with Crippen molar-refractivity contribution in [3.8, 4) is 0 Å². The molecule has 1 aromatic carbocycles. The van der Waals surface area contributed by atoms with E-state index in [2.05, 4.69) is 20.7 Å². The molecule has 25 heavy (non-hydrogen) atoms. The van der Waals surface area contributed by atoms with E-state index >= 15 is 0 Å². The number of nitrogens with one attached hydrogen (secondary N) is 2.